The van der Waals surface area contributed by atoms with Gasteiger partial charge in [0.25, 0.3) is 0 Å². The third-order valence-corrected chi connectivity index (χ3v) is 3.66. The molecule has 0 saturated carbocycles. The maximum atomic E-state index is 12.8. The number of methoxy groups -OCH3 is 2. The Balaban J connectivity index is 2.56. The summed E-state index contributed by atoms with van der Waals surface area (Å²) in [6.07, 6.45) is 0. The highest BCUT2D eigenvalue weighted by molar-refractivity contribution is 7.08. The van der Waals surface area contributed by atoms with E-state index in [9.17, 15) is 4.79 Å². The second-order valence-electron chi connectivity index (χ2n) is 4.51. The van der Waals surface area contributed by atoms with E-state index in [0.717, 1.165) is 11.5 Å². The van der Waals surface area contributed by atoms with Gasteiger partial charge in [-0.15, -0.1) is 5.10 Å². The zero-order valence-electron chi connectivity index (χ0n) is 11.8. The molecule has 1 heterocycles. The van der Waals surface area contributed by atoms with Gasteiger partial charge in [-0.05, 0) is 29.6 Å². The van der Waals surface area contributed by atoms with Crippen LogP contribution in [0.4, 0.5) is 0 Å². The Kier molecular flexibility index (Phi) is 4.34. The van der Waals surface area contributed by atoms with Gasteiger partial charge in [0.2, 0.25) is 5.78 Å². The first-order chi connectivity index (χ1) is 9.60. The van der Waals surface area contributed by atoms with E-state index in [2.05, 4.69) is 9.59 Å². The Morgan fingerprint density at radius 2 is 1.80 bits per heavy atom. The number of rotatable bonds is 5. The Bertz CT molecular complexity index is 600. The van der Waals surface area contributed by atoms with Crippen molar-refractivity contribution in [2.45, 2.75) is 19.8 Å². The zero-order chi connectivity index (χ0) is 14.7. The monoisotopic (exact) mass is 292 g/mol. The quantitative estimate of drug-likeness (QED) is 0.793. The fourth-order valence-corrected chi connectivity index (χ4v) is 2.69. The molecule has 2 aromatic rings. The van der Waals surface area contributed by atoms with Crippen molar-refractivity contribution < 1.29 is 14.3 Å². The number of hydrogen-bond donors (Lipinski definition) is 0. The molecular formula is C14H16N2O3S. The minimum absolute atomic E-state index is 0.133. The van der Waals surface area contributed by atoms with Crippen LogP contribution in [0.25, 0.3) is 0 Å². The molecule has 0 aliphatic rings. The highest BCUT2D eigenvalue weighted by Crippen LogP contribution is 2.33. The summed E-state index contributed by atoms with van der Waals surface area (Å²) in [4.78, 5) is 13.3. The van der Waals surface area contributed by atoms with Crippen LogP contribution in [0.1, 0.15) is 40.7 Å². The molecule has 0 saturated heterocycles. The lowest BCUT2D eigenvalue weighted by Gasteiger charge is -2.12. The van der Waals surface area contributed by atoms with Crippen molar-refractivity contribution in [2.24, 2.45) is 0 Å². The van der Waals surface area contributed by atoms with E-state index < -0.39 is 0 Å². The third-order valence-electron chi connectivity index (χ3n) is 2.92. The molecule has 0 fully saturated rings. The lowest BCUT2D eigenvalue weighted by atomic mass is 10.0. The first-order valence-corrected chi connectivity index (χ1v) is 6.95. The molecule has 0 atom stereocenters. The molecule has 1 aromatic carbocycles. The predicted octanol–water partition coefficient (Wildman–Crippen LogP) is 2.91. The topological polar surface area (TPSA) is 61.3 Å². The molecule has 2 rings (SSSR count). The Hall–Kier alpha value is -1.95. The fourth-order valence-electron chi connectivity index (χ4n) is 1.92. The number of aromatic nitrogens is 2. The summed E-state index contributed by atoms with van der Waals surface area (Å²) in [5.41, 5.74) is 1.11. The van der Waals surface area contributed by atoms with Crippen LogP contribution in [-0.4, -0.2) is 29.6 Å². The summed E-state index contributed by atoms with van der Waals surface area (Å²) in [5.74, 6) is 0.932. The van der Waals surface area contributed by atoms with E-state index in [1.807, 2.05) is 13.8 Å². The van der Waals surface area contributed by atoms with Crippen molar-refractivity contribution in [3.63, 3.8) is 0 Å². The van der Waals surface area contributed by atoms with Crippen molar-refractivity contribution in [3.8, 4) is 11.5 Å². The zero-order valence-corrected chi connectivity index (χ0v) is 12.7. The van der Waals surface area contributed by atoms with Gasteiger partial charge in [-0.2, -0.15) is 0 Å². The van der Waals surface area contributed by atoms with Gasteiger partial charge in [-0.3, -0.25) is 4.79 Å². The maximum Gasteiger partial charge on any atom is 0.214 e. The highest BCUT2D eigenvalue weighted by atomic mass is 32.1. The van der Waals surface area contributed by atoms with Gasteiger partial charge in [0.15, 0.2) is 0 Å². The number of benzene rings is 1. The van der Waals surface area contributed by atoms with Gasteiger partial charge in [0, 0.05) is 0 Å². The van der Waals surface area contributed by atoms with Gasteiger partial charge in [-0.1, -0.05) is 24.4 Å². The maximum absolute atomic E-state index is 12.8. The van der Waals surface area contributed by atoms with Crippen molar-refractivity contribution in [1.82, 2.24) is 9.59 Å². The van der Waals surface area contributed by atoms with Gasteiger partial charge in [0.1, 0.15) is 21.9 Å². The Labute approximate surface area is 121 Å². The minimum atomic E-state index is -0.169. The summed E-state index contributed by atoms with van der Waals surface area (Å²) in [6, 6.07) is 5.25. The average molecular weight is 292 g/mol. The summed E-state index contributed by atoms with van der Waals surface area (Å²) >= 11 is 1.10. The van der Waals surface area contributed by atoms with Crippen molar-refractivity contribution in [1.29, 1.82) is 0 Å². The molecule has 106 valence electrons. The largest absolute Gasteiger partial charge is 0.496 e. The molecule has 0 bridgehead atoms. The molecule has 0 aliphatic heterocycles. The SMILES string of the molecule is COc1cccc(OC)c1C(=O)c1snnc1C(C)C. The van der Waals surface area contributed by atoms with Gasteiger partial charge in [0.05, 0.1) is 19.9 Å². The van der Waals surface area contributed by atoms with Crippen LogP contribution in [-0.2, 0) is 0 Å². The van der Waals surface area contributed by atoms with Crippen molar-refractivity contribution in [3.05, 3.63) is 34.3 Å². The normalized spacial score (nSPS) is 10.7. The van der Waals surface area contributed by atoms with Crippen LogP contribution < -0.4 is 9.47 Å². The fraction of sp³-hybridized carbons (Fsp3) is 0.357. The number of ether oxygens (including phenoxy) is 2. The van der Waals surface area contributed by atoms with Crippen LogP contribution in [0, 0.1) is 0 Å². The van der Waals surface area contributed by atoms with E-state index in [1.165, 1.54) is 14.2 Å². The lowest BCUT2D eigenvalue weighted by molar-refractivity contribution is 0.103. The summed E-state index contributed by atoms with van der Waals surface area (Å²) in [7, 11) is 3.06. The van der Waals surface area contributed by atoms with E-state index >= 15 is 0 Å². The van der Waals surface area contributed by atoms with Crippen LogP contribution in [0.2, 0.25) is 0 Å². The average Bonchev–Trinajstić information content (AvgIpc) is 2.95. The number of ketones is 1. The summed E-state index contributed by atoms with van der Waals surface area (Å²) < 4.78 is 14.4. The van der Waals surface area contributed by atoms with Gasteiger partial charge < -0.3 is 9.47 Å². The minimum Gasteiger partial charge on any atom is -0.496 e. The molecule has 0 amide bonds. The molecule has 1 aromatic heterocycles. The first-order valence-electron chi connectivity index (χ1n) is 6.18. The summed E-state index contributed by atoms with van der Waals surface area (Å²) in [5, 5.41) is 4.04. The van der Waals surface area contributed by atoms with E-state index in [4.69, 9.17) is 9.47 Å². The second kappa shape index (κ2) is 6.00. The number of carbonyl (C=O) groups excluding carboxylic acids is 1. The van der Waals surface area contributed by atoms with Crippen LogP contribution >= 0.6 is 11.5 Å². The molecule has 0 N–H and O–H groups in total. The first kappa shape index (κ1) is 14.5. The van der Waals surface area contributed by atoms with Crippen LogP contribution in [0.15, 0.2) is 18.2 Å². The van der Waals surface area contributed by atoms with E-state index in [-0.39, 0.29) is 11.7 Å². The Morgan fingerprint density at radius 3 is 2.30 bits per heavy atom. The van der Waals surface area contributed by atoms with Gasteiger partial charge in [-0.25, -0.2) is 0 Å². The van der Waals surface area contributed by atoms with Crippen molar-refractivity contribution >= 4 is 17.3 Å². The molecule has 5 nitrogen and oxygen atoms in total. The van der Waals surface area contributed by atoms with Gasteiger partial charge >= 0.3 is 0 Å². The molecular weight excluding hydrogens is 276 g/mol. The molecule has 6 heteroatoms. The number of hydrogen-bond acceptors (Lipinski definition) is 6. The van der Waals surface area contributed by atoms with Crippen LogP contribution in [0.3, 0.4) is 0 Å². The number of nitrogens with zero attached hydrogens (tertiary/aromatic N) is 2. The lowest BCUT2D eigenvalue weighted by Crippen LogP contribution is -2.08. The number of carbonyl (C=O) groups is 1. The standard InChI is InChI=1S/C14H16N2O3S/c1-8(2)12-14(20-16-15-12)13(17)11-9(18-3)6-5-7-10(11)19-4/h5-8H,1-4H3. The molecule has 0 radical (unpaired) electrons. The van der Waals surface area contributed by atoms with Crippen LogP contribution in [0.5, 0.6) is 11.5 Å². The van der Waals surface area contributed by atoms with E-state index in [1.54, 1.807) is 18.2 Å². The molecule has 0 unspecified atom stereocenters. The smallest absolute Gasteiger partial charge is 0.214 e. The summed E-state index contributed by atoms with van der Waals surface area (Å²) in [6.45, 7) is 3.96. The third kappa shape index (κ3) is 2.51. The van der Waals surface area contributed by atoms with Crippen molar-refractivity contribution in [2.75, 3.05) is 14.2 Å². The Morgan fingerprint density at radius 1 is 1.20 bits per heavy atom. The highest BCUT2D eigenvalue weighted by Gasteiger charge is 2.25. The molecule has 20 heavy (non-hydrogen) atoms. The molecule has 0 aliphatic carbocycles. The second-order valence-corrected chi connectivity index (χ2v) is 5.26. The molecule has 0 spiro atoms. The predicted molar refractivity (Wildman–Crippen MR) is 77.0 cm³/mol. The van der Waals surface area contributed by atoms with E-state index in [0.29, 0.717) is 27.6 Å².